The maximum Gasteiger partial charge on any atom is 0.317 e. The summed E-state index contributed by atoms with van der Waals surface area (Å²) in [5.41, 5.74) is 1.76. The van der Waals surface area contributed by atoms with Crippen LogP contribution in [0.3, 0.4) is 0 Å². The maximum absolute atomic E-state index is 14.6. The van der Waals surface area contributed by atoms with Crippen LogP contribution in [-0.4, -0.2) is 54.8 Å². The van der Waals surface area contributed by atoms with Crippen molar-refractivity contribution in [2.24, 2.45) is 13.0 Å². The minimum atomic E-state index is -0.393. The molecule has 3 aromatic heterocycles. The molecule has 1 saturated carbocycles. The fourth-order valence-electron chi connectivity index (χ4n) is 4.98. The lowest BCUT2D eigenvalue weighted by Crippen LogP contribution is -2.45. The zero-order chi connectivity index (χ0) is 22.1. The van der Waals surface area contributed by atoms with Gasteiger partial charge in [-0.15, -0.1) is 0 Å². The SMILES string of the molecule is Cn1nc(-c2ncc(F)c(CC3CCC[C@@H](NC(=O)N4CCCC4)C3)n2)c2cccnc21. The van der Waals surface area contributed by atoms with E-state index >= 15 is 0 Å². The number of pyridine rings is 1. The Hall–Kier alpha value is -3.10. The number of nitrogens with zero attached hydrogens (tertiary/aromatic N) is 6. The van der Waals surface area contributed by atoms with Crippen molar-refractivity contribution in [1.29, 1.82) is 0 Å². The molecule has 1 N–H and O–H groups in total. The first kappa shape index (κ1) is 20.8. The van der Waals surface area contributed by atoms with E-state index in [-0.39, 0.29) is 18.0 Å². The van der Waals surface area contributed by atoms with Crippen molar-refractivity contribution in [3.05, 3.63) is 36.0 Å². The van der Waals surface area contributed by atoms with Crippen molar-refractivity contribution in [2.45, 2.75) is 51.0 Å². The van der Waals surface area contributed by atoms with Gasteiger partial charge < -0.3 is 10.2 Å². The Bertz CT molecular complexity index is 1120. The van der Waals surface area contributed by atoms with Crippen LogP contribution in [0.4, 0.5) is 9.18 Å². The minimum Gasteiger partial charge on any atom is -0.335 e. The van der Waals surface area contributed by atoms with Crippen LogP contribution in [-0.2, 0) is 13.5 Å². The topological polar surface area (TPSA) is 88.8 Å². The van der Waals surface area contributed by atoms with Gasteiger partial charge >= 0.3 is 6.03 Å². The van der Waals surface area contributed by atoms with Crippen LogP contribution in [0.5, 0.6) is 0 Å². The van der Waals surface area contributed by atoms with Gasteiger partial charge in [0.2, 0.25) is 0 Å². The molecule has 1 saturated heterocycles. The van der Waals surface area contributed by atoms with E-state index in [9.17, 15) is 9.18 Å². The normalized spacial score (nSPS) is 21.2. The Labute approximate surface area is 186 Å². The monoisotopic (exact) mass is 437 g/mol. The molecule has 2 amide bonds. The Morgan fingerprint density at radius 2 is 2.06 bits per heavy atom. The van der Waals surface area contributed by atoms with E-state index in [4.69, 9.17) is 0 Å². The lowest BCUT2D eigenvalue weighted by molar-refractivity contribution is 0.195. The van der Waals surface area contributed by atoms with Crippen molar-refractivity contribution in [3.63, 3.8) is 0 Å². The number of hydrogen-bond acceptors (Lipinski definition) is 5. The standard InChI is InChI=1S/C23H28FN7O/c1-30-22-17(8-5-9-25-22)20(29-30)21-26-14-18(24)19(28-21)13-15-6-4-7-16(12-15)27-23(32)31-10-2-3-11-31/h5,8-9,14-16H,2-4,6-7,10-13H2,1H3,(H,27,32)/t15?,16-/m1/s1. The number of aryl methyl sites for hydroxylation is 1. The fraction of sp³-hybridized carbons (Fsp3) is 0.522. The van der Waals surface area contributed by atoms with Crippen LogP contribution in [0.1, 0.15) is 44.2 Å². The summed E-state index contributed by atoms with van der Waals surface area (Å²) in [5, 5.41) is 8.55. The van der Waals surface area contributed by atoms with Gasteiger partial charge in [0.1, 0.15) is 5.69 Å². The highest BCUT2D eigenvalue weighted by molar-refractivity contribution is 5.88. The summed E-state index contributed by atoms with van der Waals surface area (Å²) in [7, 11) is 1.82. The number of carbonyl (C=O) groups is 1. The molecule has 1 unspecified atom stereocenters. The summed E-state index contributed by atoms with van der Waals surface area (Å²) in [6.45, 7) is 1.68. The van der Waals surface area contributed by atoms with Crippen LogP contribution < -0.4 is 5.32 Å². The number of halogens is 1. The maximum atomic E-state index is 14.6. The zero-order valence-corrected chi connectivity index (χ0v) is 18.3. The molecule has 0 aromatic carbocycles. The first-order chi connectivity index (χ1) is 15.6. The van der Waals surface area contributed by atoms with E-state index in [0.717, 1.165) is 62.6 Å². The number of fused-ring (bicyclic) bond motifs is 1. The molecule has 3 aromatic rings. The smallest absolute Gasteiger partial charge is 0.317 e. The first-order valence-corrected chi connectivity index (χ1v) is 11.4. The zero-order valence-electron chi connectivity index (χ0n) is 18.3. The van der Waals surface area contributed by atoms with Gasteiger partial charge in [0.15, 0.2) is 17.3 Å². The molecular weight excluding hydrogens is 409 g/mol. The summed E-state index contributed by atoms with van der Waals surface area (Å²) in [5.74, 6) is 0.289. The molecule has 0 spiro atoms. The molecule has 2 aliphatic rings. The van der Waals surface area contributed by atoms with Gasteiger partial charge in [0.25, 0.3) is 0 Å². The second-order valence-electron chi connectivity index (χ2n) is 8.91. The minimum absolute atomic E-state index is 0.0410. The van der Waals surface area contributed by atoms with Crippen LogP contribution in [0, 0.1) is 11.7 Å². The van der Waals surface area contributed by atoms with Gasteiger partial charge in [-0.1, -0.05) is 6.42 Å². The number of nitrogens with one attached hydrogen (secondary N) is 1. The molecule has 168 valence electrons. The number of amides is 2. The highest BCUT2D eigenvalue weighted by Crippen LogP contribution is 2.29. The summed E-state index contributed by atoms with van der Waals surface area (Å²) < 4.78 is 16.3. The van der Waals surface area contributed by atoms with E-state index in [0.29, 0.717) is 23.6 Å². The molecule has 5 rings (SSSR count). The largest absolute Gasteiger partial charge is 0.335 e. The molecular formula is C23H28FN7O. The third kappa shape index (κ3) is 4.16. The summed E-state index contributed by atoms with van der Waals surface area (Å²) in [6, 6.07) is 3.94. The van der Waals surface area contributed by atoms with Crippen LogP contribution in [0.25, 0.3) is 22.6 Å². The molecule has 2 atom stereocenters. The van der Waals surface area contributed by atoms with E-state index in [2.05, 4.69) is 25.4 Å². The first-order valence-electron chi connectivity index (χ1n) is 11.4. The molecule has 32 heavy (non-hydrogen) atoms. The molecule has 2 fully saturated rings. The Kier molecular flexibility index (Phi) is 5.71. The van der Waals surface area contributed by atoms with Gasteiger partial charge in [-0.2, -0.15) is 5.10 Å². The van der Waals surface area contributed by atoms with Crippen LogP contribution in [0.2, 0.25) is 0 Å². The summed E-state index contributed by atoms with van der Waals surface area (Å²) in [6.07, 6.45) is 9.48. The van der Waals surface area contributed by atoms with Crippen molar-refractivity contribution in [3.8, 4) is 11.5 Å². The van der Waals surface area contributed by atoms with Crippen LogP contribution in [0.15, 0.2) is 24.5 Å². The second kappa shape index (κ2) is 8.80. The van der Waals surface area contributed by atoms with Crippen molar-refractivity contribution in [1.82, 2.24) is 34.9 Å². The van der Waals surface area contributed by atoms with E-state index in [1.54, 1.807) is 10.9 Å². The van der Waals surface area contributed by atoms with E-state index < -0.39 is 5.82 Å². The van der Waals surface area contributed by atoms with Crippen molar-refractivity contribution in [2.75, 3.05) is 13.1 Å². The Morgan fingerprint density at radius 3 is 2.91 bits per heavy atom. The third-order valence-corrected chi connectivity index (χ3v) is 6.61. The number of urea groups is 1. The lowest BCUT2D eigenvalue weighted by Gasteiger charge is -2.31. The summed E-state index contributed by atoms with van der Waals surface area (Å²) in [4.78, 5) is 27.5. The van der Waals surface area contributed by atoms with Gasteiger partial charge in [-0.3, -0.25) is 0 Å². The highest BCUT2D eigenvalue weighted by Gasteiger charge is 2.27. The fourth-order valence-corrected chi connectivity index (χ4v) is 4.98. The van der Waals surface area contributed by atoms with Gasteiger partial charge in [-0.25, -0.2) is 28.8 Å². The Balaban J connectivity index is 1.31. The number of rotatable bonds is 4. The molecule has 4 heterocycles. The van der Waals surface area contributed by atoms with Crippen LogP contribution >= 0.6 is 0 Å². The van der Waals surface area contributed by atoms with Gasteiger partial charge in [0, 0.05) is 32.4 Å². The highest BCUT2D eigenvalue weighted by atomic mass is 19.1. The predicted molar refractivity (Wildman–Crippen MR) is 118 cm³/mol. The van der Waals surface area contributed by atoms with E-state index in [1.165, 1.54) is 6.20 Å². The predicted octanol–water partition coefficient (Wildman–Crippen LogP) is 3.47. The van der Waals surface area contributed by atoms with E-state index in [1.807, 2.05) is 24.1 Å². The number of hydrogen-bond donors (Lipinski definition) is 1. The lowest BCUT2D eigenvalue weighted by atomic mass is 9.83. The number of carbonyl (C=O) groups excluding carboxylic acids is 1. The van der Waals surface area contributed by atoms with Gasteiger partial charge in [0.05, 0.1) is 17.3 Å². The van der Waals surface area contributed by atoms with Gasteiger partial charge in [-0.05, 0) is 56.6 Å². The molecule has 8 nitrogen and oxygen atoms in total. The average Bonchev–Trinajstić information content (AvgIpc) is 3.45. The van der Waals surface area contributed by atoms with Crippen molar-refractivity contribution >= 4 is 17.1 Å². The molecule has 0 bridgehead atoms. The number of likely N-dealkylation sites (tertiary alicyclic amines) is 1. The quantitative estimate of drug-likeness (QED) is 0.675. The average molecular weight is 438 g/mol. The molecule has 1 aliphatic carbocycles. The molecule has 1 aliphatic heterocycles. The van der Waals surface area contributed by atoms with Crippen molar-refractivity contribution < 1.29 is 9.18 Å². The number of aromatic nitrogens is 5. The summed E-state index contributed by atoms with van der Waals surface area (Å²) >= 11 is 0. The third-order valence-electron chi connectivity index (χ3n) is 6.61. The second-order valence-corrected chi connectivity index (χ2v) is 8.91. The molecule has 9 heteroatoms. The Morgan fingerprint density at radius 1 is 1.22 bits per heavy atom. The molecule has 0 radical (unpaired) electrons.